The molecule has 0 aliphatic rings. The van der Waals surface area contributed by atoms with Crippen molar-refractivity contribution < 1.29 is 14.6 Å². The first-order chi connectivity index (χ1) is 8.90. The minimum absolute atomic E-state index is 0.442. The standard InChI is InChI=1S/C15H23NO3/c1-6-13(15(17)18)16(4)9-12-7-10(2)14(19-5)11(3)8-12/h7-8,13H,6,9H2,1-5H3,(H,17,18)/t13-/m1/s1. The van der Waals surface area contributed by atoms with Gasteiger partial charge in [0.05, 0.1) is 7.11 Å². The van der Waals surface area contributed by atoms with Crippen LogP contribution in [0.1, 0.15) is 30.0 Å². The van der Waals surface area contributed by atoms with Crippen LogP contribution in [-0.4, -0.2) is 36.2 Å². The molecule has 0 unspecified atom stereocenters. The van der Waals surface area contributed by atoms with Crippen LogP contribution < -0.4 is 4.74 Å². The quantitative estimate of drug-likeness (QED) is 0.859. The van der Waals surface area contributed by atoms with E-state index in [1.807, 2.05) is 32.7 Å². The summed E-state index contributed by atoms with van der Waals surface area (Å²) in [4.78, 5) is 13.0. The normalized spacial score (nSPS) is 12.5. The summed E-state index contributed by atoms with van der Waals surface area (Å²) in [5.74, 6) is 0.128. The highest BCUT2D eigenvalue weighted by molar-refractivity contribution is 5.73. The van der Waals surface area contributed by atoms with E-state index in [1.165, 1.54) is 0 Å². The van der Waals surface area contributed by atoms with Crippen LogP contribution in [0, 0.1) is 13.8 Å². The van der Waals surface area contributed by atoms with Crippen molar-refractivity contribution in [2.24, 2.45) is 0 Å². The Morgan fingerprint density at radius 1 is 1.37 bits per heavy atom. The Bertz CT molecular complexity index is 434. The Morgan fingerprint density at radius 3 is 2.26 bits per heavy atom. The first-order valence-electron chi connectivity index (χ1n) is 6.47. The van der Waals surface area contributed by atoms with Crippen molar-refractivity contribution in [2.75, 3.05) is 14.2 Å². The molecule has 19 heavy (non-hydrogen) atoms. The van der Waals surface area contributed by atoms with Gasteiger partial charge in [-0.2, -0.15) is 0 Å². The zero-order valence-corrected chi connectivity index (χ0v) is 12.4. The number of hydrogen-bond acceptors (Lipinski definition) is 3. The van der Waals surface area contributed by atoms with E-state index in [-0.39, 0.29) is 0 Å². The molecular formula is C15H23NO3. The Kier molecular flexibility index (Phi) is 5.36. The van der Waals surface area contributed by atoms with E-state index in [0.717, 1.165) is 22.4 Å². The average Bonchev–Trinajstić information content (AvgIpc) is 2.28. The number of nitrogens with zero attached hydrogens (tertiary/aromatic N) is 1. The second-order valence-corrected chi connectivity index (χ2v) is 4.94. The number of aryl methyl sites for hydroxylation is 2. The highest BCUT2D eigenvalue weighted by Gasteiger charge is 2.20. The van der Waals surface area contributed by atoms with Gasteiger partial charge in [-0.1, -0.05) is 19.1 Å². The fraction of sp³-hybridized carbons (Fsp3) is 0.533. The van der Waals surface area contributed by atoms with E-state index in [2.05, 4.69) is 12.1 Å². The van der Waals surface area contributed by atoms with Gasteiger partial charge in [0.25, 0.3) is 0 Å². The summed E-state index contributed by atoms with van der Waals surface area (Å²) < 4.78 is 5.33. The Labute approximate surface area is 115 Å². The van der Waals surface area contributed by atoms with Gasteiger partial charge in [-0.05, 0) is 44.0 Å². The van der Waals surface area contributed by atoms with E-state index in [9.17, 15) is 4.79 Å². The molecule has 0 aliphatic carbocycles. The molecule has 4 heteroatoms. The molecule has 0 heterocycles. The molecule has 4 nitrogen and oxygen atoms in total. The van der Waals surface area contributed by atoms with Gasteiger partial charge < -0.3 is 9.84 Å². The smallest absolute Gasteiger partial charge is 0.320 e. The van der Waals surface area contributed by atoms with Gasteiger partial charge in [0, 0.05) is 6.54 Å². The molecule has 0 spiro atoms. The maximum Gasteiger partial charge on any atom is 0.320 e. The van der Waals surface area contributed by atoms with E-state index < -0.39 is 12.0 Å². The van der Waals surface area contributed by atoms with Gasteiger partial charge in [0.1, 0.15) is 11.8 Å². The predicted octanol–water partition coefficient (Wildman–Crippen LogP) is 2.61. The third kappa shape index (κ3) is 3.70. The number of carboxylic acids is 1. The number of carbonyl (C=O) groups is 1. The largest absolute Gasteiger partial charge is 0.496 e. The van der Waals surface area contributed by atoms with Crippen LogP contribution in [0.4, 0.5) is 0 Å². The minimum Gasteiger partial charge on any atom is -0.496 e. The van der Waals surface area contributed by atoms with Crippen LogP contribution in [-0.2, 0) is 11.3 Å². The van der Waals surface area contributed by atoms with Crippen molar-refractivity contribution in [3.63, 3.8) is 0 Å². The van der Waals surface area contributed by atoms with Crippen molar-refractivity contribution in [1.82, 2.24) is 4.90 Å². The van der Waals surface area contributed by atoms with Gasteiger partial charge in [0.2, 0.25) is 0 Å². The fourth-order valence-electron chi connectivity index (χ4n) is 2.53. The number of ether oxygens (including phenoxy) is 1. The zero-order valence-electron chi connectivity index (χ0n) is 12.4. The molecule has 0 saturated heterocycles. The number of methoxy groups -OCH3 is 1. The molecule has 0 aromatic heterocycles. The van der Waals surface area contributed by atoms with Crippen molar-refractivity contribution in [3.05, 3.63) is 28.8 Å². The summed E-state index contributed by atoms with van der Waals surface area (Å²) in [5.41, 5.74) is 3.27. The number of carboxylic acid groups (broad SMARTS) is 1. The highest BCUT2D eigenvalue weighted by Crippen LogP contribution is 2.25. The molecule has 1 aromatic rings. The molecule has 0 aliphatic heterocycles. The number of likely N-dealkylation sites (N-methyl/N-ethyl adjacent to an activating group) is 1. The monoisotopic (exact) mass is 265 g/mol. The van der Waals surface area contributed by atoms with Crippen LogP contribution in [0.15, 0.2) is 12.1 Å². The van der Waals surface area contributed by atoms with E-state index in [0.29, 0.717) is 13.0 Å². The molecule has 106 valence electrons. The number of hydrogen-bond donors (Lipinski definition) is 1. The van der Waals surface area contributed by atoms with Gasteiger partial charge in [0.15, 0.2) is 0 Å². The third-order valence-electron chi connectivity index (χ3n) is 3.36. The average molecular weight is 265 g/mol. The highest BCUT2D eigenvalue weighted by atomic mass is 16.5. The topological polar surface area (TPSA) is 49.8 Å². The molecule has 0 fully saturated rings. The Hall–Kier alpha value is -1.55. The Balaban J connectivity index is 2.91. The lowest BCUT2D eigenvalue weighted by atomic mass is 10.0. The molecule has 0 radical (unpaired) electrons. The SMILES string of the molecule is CC[C@H](C(=O)O)N(C)Cc1cc(C)c(OC)c(C)c1. The maximum atomic E-state index is 11.1. The molecular weight excluding hydrogens is 242 g/mol. The lowest BCUT2D eigenvalue weighted by Gasteiger charge is -2.24. The maximum absolute atomic E-state index is 11.1. The summed E-state index contributed by atoms with van der Waals surface area (Å²) in [7, 11) is 3.51. The summed E-state index contributed by atoms with van der Waals surface area (Å²) in [5, 5.41) is 9.15. The minimum atomic E-state index is -0.771. The van der Waals surface area contributed by atoms with Crippen molar-refractivity contribution in [1.29, 1.82) is 0 Å². The second kappa shape index (κ2) is 6.57. The summed E-state index contributed by atoms with van der Waals surface area (Å²) in [6.07, 6.45) is 0.597. The molecule has 0 bridgehead atoms. The van der Waals surface area contributed by atoms with Crippen LogP contribution in [0.3, 0.4) is 0 Å². The van der Waals surface area contributed by atoms with Crippen molar-refractivity contribution in [2.45, 2.75) is 39.8 Å². The van der Waals surface area contributed by atoms with E-state index in [4.69, 9.17) is 9.84 Å². The van der Waals surface area contributed by atoms with Gasteiger partial charge in [-0.15, -0.1) is 0 Å². The number of rotatable bonds is 6. The second-order valence-electron chi connectivity index (χ2n) is 4.94. The summed E-state index contributed by atoms with van der Waals surface area (Å²) in [6.45, 7) is 6.52. The lowest BCUT2D eigenvalue weighted by molar-refractivity contribution is -0.143. The van der Waals surface area contributed by atoms with Crippen molar-refractivity contribution >= 4 is 5.97 Å². The Morgan fingerprint density at radius 2 is 1.89 bits per heavy atom. The number of benzene rings is 1. The van der Waals surface area contributed by atoms with Crippen LogP contribution in [0.2, 0.25) is 0 Å². The summed E-state index contributed by atoms with van der Waals surface area (Å²) >= 11 is 0. The lowest BCUT2D eigenvalue weighted by Crippen LogP contribution is -2.37. The van der Waals surface area contributed by atoms with E-state index in [1.54, 1.807) is 7.11 Å². The third-order valence-corrected chi connectivity index (χ3v) is 3.36. The molecule has 1 N–H and O–H groups in total. The first kappa shape index (κ1) is 15.5. The van der Waals surface area contributed by atoms with Crippen molar-refractivity contribution in [3.8, 4) is 5.75 Å². The van der Waals surface area contributed by atoms with Crippen LogP contribution in [0.25, 0.3) is 0 Å². The molecule has 0 saturated carbocycles. The molecule has 1 rings (SSSR count). The number of aliphatic carboxylic acids is 1. The van der Waals surface area contributed by atoms with Crippen LogP contribution >= 0.6 is 0 Å². The van der Waals surface area contributed by atoms with Gasteiger partial charge in [-0.3, -0.25) is 9.69 Å². The van der Waals surface area contributed by atoms with Crippen LogP contribution in [0.5, 0.6) is 5.75 Å². The predicted molar refractivity (Wildman–Crippen MR) is 75.6 cm³/mol. The fourth-order valence-corrected chi connectivity index (χ4v) is 2.53. The first-order valence-corrected chi connectivity index (χ1v) is 6.47. The zero-order chi connectivity index (χ0) is 14.6. The van der Waals surface area contributed by atoms with E-state index >= 15 is 0 Å². The molecule has 1 atom stereocenters. The van der Waals surface area contributed by atoms with Gasteiger partial charge >= 0.3 is 5.97 Å². The molecule has 0 amide bonds. The summed E-state index contributed by atoms with van der Waals surface area (Å²) in [6, 6.07) is 3.66. The van der Waals surface area contributed by atoms with Gasteiger partial charge in [-0.25, -0.2) is 0 Å². The molecule has 1 aromatic carbocycles.